The number of likely N-dealkylation sites (N-methyl/N-ethyl adjacent to an activating group) is 1. The Labute approximate surface area is 183 Å². The number of carbonyl (C=O) groups is 2. The van der Waals surface area contributed by atoms with Gasteiger partial charge in [0.05, 0.1) is 23.3 Å². The molecule has 1 atom stereocenters. The van der Waals surface area contributed by atoms with E-state index in [1.54, 1.807) is 7.05 Å². The molecule has 6 nitrogen and oxygen atoms in total. The van der Waals surface area contributed by atoms with Gasteiger partial charge in [-0.15, -0.1) is 0 Å². The van der Waals surface area contributed by atoms with Crippen molar-refractivity contribution in [2.45, 2.75) is 19.9 Å². The van der Waals surface area contributed by atoms with Gasteiger partial charge in [-0.25, -0.2) is 0 Å². The highest BCUT2D eigenvalue weighted by Crippen LogP contribution is 2.26. The first kappa shape index (κ1) is 22.1. The van der Waals surface area contributed by atoms with E-state index in [1.807, 2.05) is 62.4 Å². The molecule has 0 aromatic heterocycles. The van der Waals surface area contributed by atoms with E-state index in [2.05, 4.69) is 15.1 Å². The van der Waals surface area contributed by atoms with Gasteiger partial charge in [0.1, 0.15) is 0 Å². The minimum atomic E-state index is -0.282. The van der Waals surface area contributed by atoms with Crippen molar-refractivity contribution in [3.8, 4) is 0 Å². The zero-order valence-corrected chi connectivity index (χ0v) is 18.5. The van der Waals surface area contributed by atoms with Crippen LogP contribution in [0.1, 0.15) is 12.5 Å². The monoisotopic (exact) mass is 428 g/mol. The lowest BCUT2D eigenvalue weighted by molar-refractivity contribution is -0.137. The largest absolute Gasteiger partial charge is 0.368 e. The molecule has 30 heavy (non-hydrogen) atoms. The molecule has 2 amide bonds. The number of halogens is 1. The van der Waals surface area contributed by atoms with Gasteiger partial charge < -0.3 is 15.1 Å². The number of carbonyl (C=O) groups excluding carboxylic acids is 2. The Bertz CT molecular complexity index is 879. The summed E-state index contributed by atoms with van der Waals surface area (Å²) >= 11 is 6.31. The number of anilines is 2. The first-order valence-corrected chi connectivity index (χ1v) is 10.6. The first-order chi connectivity index (χ1) is 14.3. The maximum absolute atomic E-state index is 12.9. The van der Waals surface area contributed by atoms with Crippen molar-refractivity contribution in [3.63, 3.8) is 0 Å². The van der Waals surface area contributed by atoms with E-state index in [4.69, 9.17) is 11.6 Å². The molecule has 1 aliphatic heterocycles. The smallest absolute Gasteiger partial charge is 0.243 e. The summed E-state index contributed by atoms with van der Waals surface area (Å²) in [5, 5.41) is 3.58. The number of benzene rings is 2. The number of piperazine rings is 1. The van der Waals surface area contributed by atoms with E-state index in [1.165, 1.54) is 4.90 Å². The zero-order chi connectivity index (χ0) is 21.7. The van der Waals surface area contributed by atoms with E-state index in [9.17, 15) is 9.59 Å². The summed E-state index contributed by atoms with van der Waals surface area (Å²) in [6, 6.07) is 15.1. The lowest BCUT2D eigenvalue weighted by atomic mass is 10.2. The number of amides is 2. The molecule has 1 N–H and O–H groups in total. The minimum Gasteiger partial charge on any atom is -0.368 e. The van der Waals surface area contributed by atoms with Crippen molar-refractivity contribution in [2.75, 3.05) is 50.0 Å². The number of rotatable bonds is 6. The van der Waals surface area contributed by atoms with Crippen LogP contribution in [0.3, 0.4) is 0 Å². The summed E-state index contributed by atoms with van der Waals surface area (Å²) in [5.41, 5.74) is 2.89. The third-order valence-electron chi connectivity index (χ3n) is 5.50. The Morgan fingerprint density at radius 3 is 2.33 bits per heavy atom. The summed E-state index contributed by atoms with van der Waals surface area (Å²) < 4.78 is 0. The van der Waals surface area contributed by atoms with Gasteiger partial charge in [0.15, 0.2) is 0 Å². The summed E-state index contributed by atoms with van der Waals surface area (Å²) in [5.74, 6) is -0.259. The van der Waals surface area contributed by atoms with Gasteiger partial charge in [-0.05, 0) is 38.1 Å². The lowest BCUT2D eigenvalue weighted by Gasteiger charge is -2.39. The number of aryl methyl sites for hydroxylation is 1. The fourth-order valence-electron chi connectivity index (χ4n) is 3.66. The number of nitrogens with zero attached hydrogens (tertiary/aromatic N) is 3. The molecule has 0 bridgehead atoms. The van der Waals surface area contributed by atoms with Crippen LogP contribution in [-0.4, -0.2) is 67.4 Å². The predicted octanol–water partition coefficient (Wildman–Crippen LogP) is 3.26. The highest BCUT2D eigenvalue weighted by Gasteiger charge is 2.28. The Morgan fingerprint density at radius 1 is 1.07 bits per heavy atom. The van der Waals surface area contributed by atoms with Crippen molar-refractivity contribution >= 4 is 34.8 Å². The molecule has 0 spiro atoms. The molecule has 0 unspecified atom stereocenters. The molecule has 0 radical (unpaired) electrons. The quantitative estimate of drug-likeness (QED) is 0.767. The SMILES string of the molecule is Cc1ccc(NC(=O)CN(C)C(=O)[C@H](C)N2CCN(c3ccccc3Cl)CC2)cc1. The van der Waals surface area contributed by atoms with E-state index < -0.39 is 0 Å². The van der Waals surface area contributed by atoms with Crippen molar-refractivity contribution < 1.29 is 9.59 Å². The number of para-hydroxylation sites is 1. The summed E-state index contributed by atoms with van der Waals surface area (Å²) in [4.78, 5) is 31.1. The van der Waals surface area contributed by atoms with Crippen LogP contribution < -0.4 is 10.2 Å². The van der Waals surface area contributed by atoms with E-state index in [0.717, 1.165) is 48.1 Å². The third-order valence-corrected chi connectivity index (χ3v) is 5.82. The van der Waals surface area contributed by atoms with Crippen LogP contribution in [0, 0.1) is 6.92 Å². The molecule has 2 aromatic rings. The number of nitrogens with one attached hydrogen (secondary N) is 1. The van der Waals surface area contributed by atoms with Crippen molar-refractivity contribution in [3.05, 3.63) is 59.1 Å². The third kappa shape index (κ3) is 5.52. The van der Waals surface area contributed by atoms with Gasteiger partial charge in [0.25, 0.3) is 0 Å². The van der Waals surface area contributed by atoms with Gasteiger partial charge in [-0.1, -0.05) is 41.4 Å². The molecule has 0 aliphatic carbocycles. The number of hydrogen-bond donors (Lipinski definition) is 1. The molecule has 3 rings (SSSR count). The maximum atomic E-state index is 12.9. The molecule has 1 saturated heterocycles. The Kier molecular flexibility index (Phi) is 7.34. The van der Waals surface area contributed by atoms with Gasteiger partial charge in [0, 0.05) is 38.9 Å². The molecule has 1 fully saturated rings. The Morgan fingerprint density at radius 2 is 1.70 bits per heavy atom. The van der Waals surface area contributed by atoms with Gasteiger partial charge in [-0.3, -0.25) is 14.5 Å². The molecule has 2 aromatic carbocycles. The van der Waals surface area contributed by atoms with Gasteiger partial charge in [0.2, 0.25) is 11.8 Å². The average Bonchev–Trinajstić information content (AvgIpc) is 2.74. The average molecular weight is 429 g/mol. The van der Waals surface area contributed by atoms with E-state index in [0.29, 0.717) is 0 Å². The second-order valence-corrected chi connectivity index (χ2v) is 8.17. The van der Waals surface area contributed by atoms with Crippen LogP contribution >= 0.6 is 11.6 Å². The van der Waals surface area contributed by atoms with Crippen LogP contribution in [0.5, 0.6) is 0 Å². The topological polar surface area (TPSA) is 55.9 Å². The molecular weight excluding hydrogens is 400 g/mol. The molecule has 1 aliphatic rings. The molecule has 160 valence electrons. The molecule has 1 heterocycles. The Hall–Kier alpha value is -2.57. The highest BCUT2D eigenvalue weighted by atomic mass is 35.5. The number of hydrogen-bond acceptors (Lipinski definition) is 4. The van der Waals surface area contributed by atoms with Gasteiger partial charge in [-0.2, -0.15) is 0 Å². The van der Waals surface area contributed by atoms with Crippen LogP contribution in [-0.2, 0) is 9.59 Å². The second kappa shape index (κ2) is 9.96. The molecule has 0 saturated carbocycles. The van der Waals surface area contributed by atoms with Crippen LogP contribution in [0.25, 0.3) is 0 Å². The summed E-state index contributed by atoms with van der Waals surface area (Å²) in [7, 11) is 1.67. The van der Waals surface area contributed by atoms with Crippen molar-refractivity contribution in [2.24, 2.45) is 0 Å². The predicted molar refractivity (Wildman–Crippen MR) is 122 cm³/mol. The molecule has 7 heteroatoms. The summed E-state index contributed by atoms with van der Waals surface area (Å²) in [6.45, 7) is 7.06. The first-order valence-electron chi connectivity index (χ1n) is 10.2. The Balaban J connectivity index is 1.49. The molecular formula is C23H29ClN4O2. The van der Waals surface area contributed by atoms with E-state index in [-0.39, 0.29) is 24.4 Å². The maximum Gasteiger partial charge on any atom is 0.243 e. The van der Waals surface area contributed by atoms with Crippen LogP contribution in [0.15, 0.2) is 48.5 Å². The summed E-state index contributed by atoms with van der Waals surface area (Å²) in [6.07, 6.45) is 0. The lowest BCUT2D eigenvalue weighted by Crippen LogP contribution is -2.54. The van der Waals surface area contributed by atoms with Crippen LogP contribution in [0.2, 0.25) is 5.02 Å². The van der Waals surface area contributed by atoms with Crippen molar-refractivity contribution in [1.82, 2.24) is 9.80 Å². The van der Waals surface area contributed by atoms with Crippen molar-refractivity contribution in [1.29, 1.82) is 0 Å². The zero-order valence-electron chi connectivity index (χ0n) is 17.8. The highest BCUT2D eigenvalue weighted by molar-refractivity contribution is 6.33. The van der Waals surface area contributed by atoms with E-state index >= 15 is 0 Å². The normalized spacial score (nSPS) is 15.5. The van der Waals surface area contributed by atoms with Gasteiger partial charge >= 0.3 is 0 Å². The fraction of sp³-hybridized carbons (Fsp3) is 0.391. The van der Waals surface area contributed by atoms with Crippen LogP contribution in [0.4, 0.5) is 11.4 Å². The second-order valence-electron chi connectivity index (χ2n) is 7.76. The minimum absolute atomic E-state index is 0.0244. The standard InChI is InChI=1S/C23H29ClN4O2/c1-17-8-10-19(11-9-17)25-22(29)16-26(3)23(30)18(2)27-12-14-28(15-13-27)21-7-5-4-6-20(21)24/h4-11,18H,12-16H2,1-3H3,(H,25,29)/t18-/m0/s1. The fourth-order valence-corrected chi connectivity index (χ4v) is 3.92.